The van der Waals surface area contributed by atoms with Gasteiger partial charge in [0.15, 0.2) is 5.78 Å². The number of rotatable bonds is 4. The first kappa shape index (κ1) is 21.8. The quantitative estimate of drug-likeness (QED) is 0.754. The van der Waals surface area contributed by atoms with Gasteiger partial charge in [0.2, 0.25) is 11.8 Å². The summed E-state index contributed by atoms with van der Waals surface area (Å²) in [5, 5.41) is 6.07. The SMILES string of the molecule is CNC(=O)CCC(=O)N1c2ccccc2NC2=C(C(=O)CC(C)(C)C2)[C@@H]1c1ccccc1. The van der Waals surface area contributed by atoms with Crippen LogP contribution in [-0.4, -0.2) is 24.6 Å². The molecule has 0 aromatic heterocycles. The fourth-order valence-corrected chi connectivity index (χ4v) is 4.68. The Balaban J connectivity index is 1.91. The molecule has 166 valence electrons. The highest BCUT2D eigenvalue weighted by Crippen LogP contribution is 2.48. The number of hydrogen-bond donors (Lipinski definition) is 2. The Bertz CT molecular complexity index is 1090. The molecule has 32 heavy (non-hydrogen) atoms. The average Bonchev–Trinajstić information content (AvgIpc) is 2.91. The van der Waals surface area contributed by atoms with Crippen LogP contribution in [0.2, 0.25) is 0 Å². The number of carbonyl (C=O) groups excluding carboxylic acids is 3. The average molecular weight is 432 g/mol. The van der Waals surface area contributed by atoms with E-state index in [1.165, 1.54) is 0 Å². The maximum atomic E-state index is 13.6. The third-order valence-corrected chi connectivity index (χ3v) is 6.13. The molecular formula is C26H29N3O3. The van der Waals surface area contributed by atoms with E-state index >= 15 is 0 Å². The maximum absolute atomic E-state index is 13.6. The zero-order valence-corrected chi connectivity index (χ0v) is 18.8. The molecule has 6 heteroatoms. The van der Waals surface area contributed by atoms with Crippen LogP contribution in [0.3, 0.4) is 0 Å². The Hall–Kier alpha value is -3.41. The molecule has 2 aromatic rings. The van der Waals surface area contributed by atoms with Crippen LogP contribution in [0.15, 0.2) is 65.9 Å². The molecule has 1 aliphatic carbocycles. The summed E-state index contributed by atoms with van der Waals surface area (Å²) in [7, 11) is 1.56. The summed E-state index contributed by atoms with van der Waals surface area (Å²) in [5.41, 5.74) is 3.71. The Morgan fingerprint density at radius 1 is 1.03 bits per heavy atom. The summed E-state index contributed by atoms with van der Waals surface area (Å²) in [6, 6.07) is 16.7. The van der Waals surface area contributed by atoms with E-state index in [1.807, 2.05) is 54.6 Å². The van der Waals surface area contributed by atoms with Crippen molar-refractivity contribution in [3.8, 4) is 0 Å². The largest absolute Gasteiger partial charge is 0.359 e. The van der Waals surface area contributed by atoms with Gasteiger partial charge in [-0.2, -0.15) is 0 Å². The lowest BCUT2D eigenvalue weighted by Gasteiger charge is -2.37. The van der Waals surface area contributed by atoms with Crippen molar-refractivity contribution in [1.82, 2.24) is 5.32 Å². The number of nitrogens with zero attached hydrogens (tertiary/aromatic N) is 1. The minimum absolute atomic E-state index is 0.0505. The number of nitrogens with one attached hydrogen (secondary N) is 2. The highest BCUT2D eigenvalue weighted by Gasteiger charge is 2.43. The van der Waals surface area contributed by atoms with E-state index in [2.05, 4.69) is 24.5 Å². The summed E-state index contributed by atoms with van der Waals surface area (Å²) >= 11 is 0. The van der Waals surface area contributed by atoms with Gasteiger partial charge in [0, 0.05) is 37.6 Å². The van der Waals surface area contributed by atoms with E-state index in [1.54, 1.807) is 11.9 Å². The van der Waals surface area contributed by atoms with E-state index in [-0.39, 0.29) is 35.9 Å². The number of Topliss-reactive ketones (excluding diaryl/α,β-unsaturated/α-hetero) is 1. The monoisotopic (exact) mass is 431 g/mol. The Morgan fingerprint density at radius 3 is 2.44 bits per heavy atom. The van der Waals surface area contributed by atoms with Crippen LogP contribution in [0.5, 0.6) is 0 Å². The molecule has 2 amide bonds. The zero-order chi connectivity index (χ0) is 22.9. The van der Waals surface area contributed by atoms with Gasteiger partial charge >= 0.3 is 0 Å². The lowest BCUT2D eigenvalue weighted by Crippen LogP contribution is -2.39. The summed E-state index contributed by atoms with van der Waals surface area (Å²) in [6.45, 7) is 4.19. The molecule has 0 bridgehead atoms. The number of fused-ring (bicyclic) bond motifs is 1. The van der Waals surface area contributed by atoms with Crippen molar-refractivity contribution >= 4 is 29.0 Å². The number of benzene rings is 2. The normalized spacial score (nSPS) is 19.4. The first-order valence-electron chi connectivity index (χ1n) is 11.0. The smallest absolute Gasteiger partial charge is 0.228 e. The van der Waals surface area contributed by atoms with Crippen LogP contribution in [0.4, 0.5) is 11.4 Å². The van der Waals surface area contributed by atoms with Crippen molar-refractivity contribution < 1.29 is 14.4 Å². The minimum Gasteiger partial charge on any atom is -0.359 e. The molecule has 4 rings (SSSR count). The minimum atomic E-state index is -0.553. The zero-order valence-electron chi connectivity index (χ0n) is 18.8. The maximum Gasteiger partial charge on any atom is 0.228 e. The van der Waals surface area contributed by atoms with E-state index in [0.29, 0.717) is 24.1 Å². The van der Waals surface area contributed by atoms with Crippen molar-refractivity contribution in [3.63, 3.8) is 0 Å². The first-order chi connectivity index (χ1) is 15.3. The summed E-state index contributed by atoms with van der Waals surface area (Å²) < 4.78 is 0. The van der Waals surface area contributed by atoms with Gasteiger partial charge in [0.1, 0.15) is 0 Å². The van der Waals surface area contributed by atoms with Gasteiger partial charge < -0.3 is 10.6 Å². The Kier molecular flexibility index (Phi) is 5.87. The van der Waals surface area contributed by atoms with Gasteiger partial charge in [-0.1, -0.05) is 56.3 Å². The van der Waals surface area contributed by atoms with Crippen molar-refractivity contribution in [1.29, 1.82) is 0 Å². The fraction of sp³-hybridized carbons (Fsp3) is 0.346. The summed E-state index contributed by atoms with van der Waals surface area (Å²) in [5.74, 6) is -0.330. The highest BCUT2D eigenvalue weighted by molar-refractivity contribution is 6.06. The van der Waals surface area contributed by atoms with E-state index < -0.39 is 6.04 Å². The second-order valence-corrected chi connectivity index (χ2v) is 9.23. The van der Waals surface area contributed by atoms with Gasteiger partial charge in [-0.3, -0.25) is 19.3 Å². The van der Waals surface area contributed by atoms with E-state index in [4.69, 9.17) is 0 Å². The molecule has 1 aliphatic heterocycles. The third-order valence-electron chi connectivity index (χ3n) is 6.13. The topological polar surface area (TPSA) is 78.5 Å². The fourth-order valence-electron chi connectivity index (χ4n) is 4.68. The molecule has 0 spiro atoms. The van der Waals surface area contributed by atoms with Crippen molar-refractivity contribution in [2.45, 2.75) is 45.6 Å². The predicted octanol–water partition coefficient (Wildman–Crippen LogP) is 4.36. The lowest BCUT2D eigenvalue weighted by molar-refractivity contribution is -0.125. The number of para-hydroxylation sites is 2. The molecule has 0 radical (unpaired) electrons. The molecule has 1 heterocycles. The van der Waals surface area contributed by atoms with Crippen molar-refractivity contribution in [2.24, 2.45) is 5.41 Å². The van der Waals surface area contributed by atoms with E-state index in [9.17, 15) is 14.4 Å². The standard InChI is InChI=1S/C26H29N3O3/c1-26(2)15-19-24(21(30)16-26)25(17-9-5-4-6-10-17)29(23(32)14-13-22(31)27-3)20-12-8-7-11-18(20)28-19/h4-12,25,28H,13-16H2,1-3H3,(H,27,31)/t25-/m0/s1. The Morgan fingerprint density at radius 2 is 1.72 bits per heavy atom. The highest BCUT2D eigenvalue weighted by atomic mass is 16.2. The summed E-state index contributed by atoms with van der Waals surface area (Å²) in [4.78, 5) is 40.7. The second kappa shape index (κ2) is 8.61. The predicted molar refractivity (Wildman–Crippen MR) is 125 cm³/mol. The molecule has 1 atom stereocenters. The molecule has 0 unspecified atom stereocenters. The number of carbonyl (C=O) groups is 3. The van der Waals surface area contributed by atoms with Gasteiger partial charge in [-0.05, 0) is 29.5 Å². The molecule has 0 saturated heterocycles. The van der Waals surface area contributed by atoms with Gasteiger partial charge in [-0.25, -0.2) is 0 Å². The first-order valence-corrected chi connectivity index (χ1v) is 11.0. The van der Waals surface area contributed by atoms with Crippen LogP contribution in [-0.2, 0) is 14.4 Å². The molecule has 0 saturated carbocycles. The molecule has 2 N–H and O–H groups in total. The second-order valence-electron chi connectivity index (χ2n) is 9.23. The molecule has 0 fully saturated rings. The van der Waals surface area contributed by atoms with Crippen LogP contribution in [0, 0.1) is 5.41 Å². The van der Waals surface area contributed by atoms with Crippen LogP contribution in [0.1, 0.15) is 51.1 Å². The third kappa shape index (κ3) is 4.17. The number of anilines is 2. The Labute approximate surface area is 188 Å². The van der Waals surface area contributed by atoms with Gasteiger partial charge in [0.25, 0.3) is 0 Å². The summed E-state index contributed by atoms with van der Waals surface area (Å²) in [6.07, 6.45) is 1.29. The number of amides is 2. The number of ketones is 1. The molecule has 6 nitrogen and oxygen atoms in total. The number of hydrogen-bond acceptors (Lipinski definition) is 4. The number of allylic oxidation sites excluding steroid dienone is 1. The van der Waals surface area contributed by atoms with Crippen LogP contribution >= 0.6 is 0 Å². The molecule has 2 aliphatic rings. The van der Waals surface area contributed by atoms with Crippen molar-refractivity contribution in [3.05, 3.63) is 71.4 Å². The lowest BCUT2D eigenvalue weighted by atomic mass is 9.73. The molecule has 2 aromatic carbocycles. The van der Waals surface area contributed by atoms with Crippen LogP contribution < -0.4 is 15.5 Å². The van der Waals surface area contributed by atoms with Gasteiger partial charge in [-0.15, -0.1) is 0 Å². The van der Waals surface area contributed by atoms with Crippen LogP contribution in [0.25, 0.3) is 0 Å². The molecular weight excluding hydrogens is 402 g/mol. The van der Waals surface area contributed by atoms with Gasteiger partial charge in [0.05, 0.1) is 17.4 Å². The van der Waals surface area contributed by atoms with E-state index in [0.717, 1.165) is 16.9 Å². The van der Waals surface area contributed by atoms with Crippen molar-refractivity contribution in [2.75, 3.05) is 17.3 Å².